The van der Waals surface area contributed by atoms with Crippen LogP contribution in [0.4, 0.5) is 5.69 Å². The van der Waals surface area contributed by atoms with Gasteiger partial charge in [0.15, 0.2) is 0 Å². The van der Waals surface area contributed by atoms with Gasteiger partial charge >= 0.3 is 0 Å². The maximum Gasteiger partial charge on any atom is 0.0417 e. The molecule has 0 spiro atoms. The molecule has 0 aliphatic heterocycles. The zero-order valence-electron chi connectivity index (χ0n) is 10.5. The molecule has 1 heteroatoms. The van der Waals surface area contributed by atoms with Gasteiger partial charge in [0.2, 0.25) is 0 Å². The summed E-state index contributed by atoms with van der Waals surface area (Å²) < 4.78 is 0. The topological polar surface area (TPSA) is 12.0 Å². The molecule has 0 unspecified atom stereocenters. The number of fused-ring (bicyclic) bond motifs is 1. The van der Waals surface area contributed by atoms with Gasteiger partial charge in [0.1, 0.15) is 0 Å². The number of aryl methyl sites for hydroxylation is 1. The fourth-order valence-corrected chi connectivity index (χ4v) is 3.02. The van der Waals surface area contributed by atoms with Crippen molar-refractivity contribution < 1.29 is 0 Å². The molecule has 1 N–H and O–H groups in total. The summed E-state index contributed by atoms with van der Waals surface area (Å²) in [6.07, 6.45) is 12.8. The summed E-state index contributed by atoms with van der Waals surface area (Å²) in [5.74, 6) is 0. The summed E-state index contributed by atoms with van der Waals surface area (Å²) in [4.78, 5) is 0. The Hall–Kier alpha value is -1.24. The van der Waals surface area contributed by atoms with Gasteiger partial charge in [-0.25, -0.2) is 0 Å². The normalized spacial score (nSPS) is 19.4. The van der Waals surface area contributed by atoms with Crippen LogP contribution in [0.5, 0.6) is 0 Å². The molecule has 1 nitrogen and oxygen atoms in total. The first-order valence-corrected chi connectivity index (χ1v) is 7.00. The van der Waals surface area contributed by atoms with Crippen LogP contribution in [0.1, 0.15) is 49.7 Å². The van der Waals surface area contributed by atoms with Crippen LogP contribution in [0.25, 0.3) is 0 Å². The van der Waals surface area contributed by atoms with Gasteiger partial charge in [-0.2, -0.15) is 0 Å². The SMILES string of the molecule is C1=C(Nc2cccc3c2CCCC3)CCCC1. The molecule has 0 amide bonds. The highest BCUT2D eigenvalue weighted by molar-refractivity contribution is 5.58. The van der Waals surface area contributed by atoms with Gasteiger partial charge in [-0.05, 0) is 68.6 Å². The van der Waals surface area contributed by atoms with Crippen LogP contribution in [0.3, 0.4) is 0 Å². The van der Waals surface area contributed by atoms with E-state index < -0.39 is 0 Å². The van der Waals surface area contributed by atoms with Crippen molar-refractivity contribution in [2.45, 2.75) is 51.4 Å². The van der Waals surface area contributed by atoms with Crippen LogP contribution in [0, 0.1) is 0 Å². The standard InChI is InChI=1S/C16H21N/c1-2-9-14(10-3-1)17-16-12-6-8-13-7-4-5-11-15(13)16/h6,8-9,12,17H,1-5,7,10-11H2. The Labute approximate surface area is 104 Å². The first-order chi connectivity index (χ1) is 8.43. The average molecular weight is 227 g/mol. The fourth-order valence-electron chi connectivity index (χ4n) is 3.02. The van der Waals surface area contributed by atoms with Crippen LogP contribution in [-0.2, 0) is 12.8 Å². The van der Waals surface area contributed by atoms with Gasteiger partial charge < -0.3 is 5.32 Å². The molecule has 0 radical (unpaired) electrons. The van der Waals surface area contributed by atoms with Gasteiger partial charge in [-0.1, -0.05) is 18.2 Å². The lowest BCUT2D eigenvalue weighted by Gasteiger charge is -2.22. The number of rotatable bonds is 2. The summed E-state index contributed by atoms with van der Waals surface area (Å²) >= 11 is 0. The van der Waals surface area contributed by atoms with Gasteiger partial charge in [-0.3, -0.25) is 0 Å². The molecule has 90 valence electrons. The van der Waals surface area contributed by atoms with Gasteiger partial charge in [0, 0.05) is 11.4 Å². The van der Waals surface area contributed by atoms with E-state index in [0.717, 1.165) is 0 Å². The van der Waals surface area contributed by atoms with Crippen LogP contribution >= 0.6 is 0 Å². The first kappa shape index (κ1) is 10.9. The van der Waals surface area contributed by atoms with E-state index in [0.29, 0.717) is 0 Å². The second kappa shape index (κ2) is 4.95. The molecule has 3 rings (SSSR count). The number of hydrogen-bond donors (Lipinski definition) is 1. The number of allylic oxidation sites excluding steroid dienone is 2. The third-order valence-electron chi connectivity index (χ3n) is 3.98. The molecule has 0 heterocycles. The van der Waals surface area contributed by atoms with Crippen molar-refractivity contribution in [2.24, 2.45) is 0 Å². The van der Waals surface area contributed by atoms with E-state index >= 15 is 0 Å². The average Bonchev–Trinajstić information content (AvgIpc) is 2.40. The molecule has 1 aromatic carbocycles. The second-order valence-electron chi connectivity index (χ2n) is 5.25. The van der Waals surface area contributed by atoms with Gasteiger partial charge in [0.05, 0.1) is 0 Å². The highest BCUT2D eigenvalue weighted by Crippen LogP contribution is 2.30. The smallest absolute Gasteiger partial charge is 0.0417 e. The summed E-state index contributed by atoms with van der Waals surface area (Å²) in [7, 11) is 0. The third kappa shape index (κ3) is 2.38. The third-order valence-corrected chi connectivity index (χ3v) is 3.98. The van der Waals surface area contributed by atoms with Crippen LogP contribution in [0.15, 0.2) is 30.0 Å². The molecular weight excluding hydrogens is 206 g/mol. The zero-order valence-corrected chi connectivity index (χ0v) is 10.5. The largest absolute Gasteiger partial charge is 0.359 e. The minimum absolute atomic E-state index is 1.23. The van der Waals surface area contributed by atoms with E-state index in [1.165, 1.54) is 62.8 Å². The molecular formula is C16H21N. The number of benzene rings is 1. The Balaban J connectivity index is 1.85. The highest BCUT2D eigenvalue weighted by Gasteiger charge is 2.13. The molecule has 0 saturated carbocycles. The lowest BCUT2D eigenvalue weighted by atomic mass is 9.90. The van der Waals surface area contributed by atoms with Crippen molar-refractivity contribution in [3.8, 4) is 0 Å². The van der Waals surface area contributed by atoms with Crippen molar-refractivity contribution in [3.63, 3.8) is 0 Å². The molecule has 0 bridgehead atoms. The maximum atomic E-state index is 3.67. The van der Waals surface area contributed by atoms with E-state index in [2.05, 4.69) is 29.6 Å². The Morgan fingerprint density at radius 2 is 1.76 bits per heavy atom. The predicted octanol–water partition coefficient (Wildman–Crippen LogP) is 4.44. The summed E-state index contributed by atoms with van der Waals surface area (Å²) in [6, 6.07) is 6.75. The summed E-state index contributed by atoms with van der Waals surface area (Å²) in [5, 5.41) is 3.67. The Morgan fingerprint density at radius 1 is 0.882 bits per heavy atom. The Bertz CT molecular complexity index is 431. The van der Waals surface area contributed by atoms with Gasteiger partial charge in [-0.15, -0.1) is 0 Å². The van der Waals surface area contributed by atoms with E-state index in [1.54, 1.807) is 11.1 Å². The summed E-state index contributed by atoms with van der Waals surface area (Å²) in [6.45, 7) is 0. The fraction of sp³-hybridized carbons (Fsp3) is 0.500. The maximum absolute atomic E-state index is 3.67. The van der Waals surface area contributed by atoms with Crippen LogP contribution in [0.2, 0.25) is 0 Å². The molecule has 2 aliphatic rings. The molecule has 0 aromatic heterocycles. The van der Waals surface area contributed by atoms with E-state index in [-0.39, 0.29) is 0 Å². The van der Waals surface area contributed by atoms with Gasteiger partial charge in [0.25, 0.3) is 0 Å². The monoisotopic (exact) mass is 227 g/mol. The van der Waals surface area contributed by atoms with Crippen molar-refractivity contribution in [1.29, 1.82) is 0 Å². The predicted molar refractivity (Wildman–Crippen MR) is 73.3 cm³/mol. The van der Waals surface area contributed by atoms with Crippen molar-refractivity contribution in [2.75, 3.05) is 5.32 Å². The molecule has 1 aromatic rings. The molecule has 0 saturated heterocycles. The number of hydrogen-bond acceptors (Lipinski definition) is 1. The van der Waals surface area contributed by atoms with E-state index in [9.17, 15) is 0 Å². The minimum atomic E-state index is 1.23. The second-order valence-corrected chi connectivity index (χ2v) is 5.25. The van der Waals surface area contributed by atoms with E-state index in [4.69, 9.17) is 0 Å². The van der Waals surface area contributed by atoms with Crippen LogP contribution in [-0.4, -0.2) is 0 Å². The van der Waals surface area contributed by atoms with Crippen molar-refractivity contribution in [3.05, 3.63) is 41.1 Å². The molecule has 0 fully saturated rings. The first-order valence-electron chi connectivity index (χ1n) is 7.00. The lowest BCUT2D eigenvalue weighted by Crippen LogP contribution is -2.09. The van der Waals surface area contributed by atoms with E-state index in [1.807, 2.05) is 0 Å². The minimum Gasteiger partial charge on any atom is -0.359 e. The number of nitrogens with one attached hydrogen (secondary N) is 1. The number of anilines is 1. The summed E-state index contributed by atoms with van der Waals surface area (Å²) in [5.41, 5.74) is 5.95. The molecule has 17 heavy (non-hydrogen) atoms. The molecule has 0 atom stereocenters. The highest BCUT2D eigenvalue weighted by atomic mass is 14.9. The zero-order chi connectivity index (χ0) is 11.5. The quantitative estimate of drug-likeness (QED) is 0.787. The Kier molecular flexibility index (Phi) is 3.17. The van der Waals surface area contributed by atoms with Crippen molar-refractivity contribution in [1.82, 2.24) is 0 Å². The van der Waals surface area contributed by atoms with Crippen LogP contribution < -0.4 is 5.32 Å². The lowest BCUT2D eigenvalue weighted by molar-refractivity contribution is 0.684. The molecule has 2 aliphatic carbocycles. The Morgan fingerprint density at radius 3 is 2.65 bits per heavy atom. The van der Waals surface area contributed by atoms with Crippen molar-refractivity contribution >= 4 is 5.69 Å².